The summed E-state index contributed by atoms with van der Waals surface area (Å²) in [5.41, 5.74) is 4.29. The molecule has 5 rings (SSSR count). The highest BCUT2D eigenvalue weighted by atomic mass is 35.5. The van der Waals surface area contributed by atoms with Gasteiger partial charge in [0.25, 0.3) is 0 Å². The number of carbonyl (C=O) groups is 1. The van der Waals surface area contributed by atoms with Gasteiger partial charge in [0.1, 0.15) is 11.5 Å². The van der Waals surface area contributed by atoms with Gasteiger partial charge in [0.15, 0.2) is 0 Å². The van der Waals surface area contributed by atoms with Gasteiger partial charge in [-0.25, -0.2) is 0 Å². The van der Waals surface area contributed by atoms with Crippen molar-refractivity contribution in [2.75, 3.05) is 5.32 Å². The van der Waals surface area contributed by atoms with Crippen LogP contribution < -0.4 is 5.32 Å². The first-order chi connectivity index (χ1) is 14.6. The van der Waals surface area contributed by atoms with Gasteiger partial charge in [0.05, 0.1) is 0 Å². The van der Waals surface area contributed by atoms with Crippen LogP contribution >= 0.6 is 23.2 Å². The van der Waals surface area contributed by atoms with Gasteiger partial charge in [-0.2, -0.15) is 0 Å². The number of amides is 1. The van der Waals surface area contributed by atoms with Gasteiger partial charge in [0, 0.05) is 32.8 Å². The molecule has 0 fully saturated rings. The smallest absolute Gasteiger partial charge is 0.248 e. The second kappa shape index (κ2) is 7.67. The summed E-state index contributed by atoms with van der Waals surface area (Å²) < 4.78 is 5.81. The summed E-state index contributed by atoms with van der Waals surface area (Å²) in [6.07, 6.45) is 5.23. The Morgan fingerprint density at radius 2 is 1.70 bits per heavy atom. The third-order valence-corrected chi connectivity index (χ3v) is 5.74. The molecule has 0 saturated heterocycles. The molecule has 0 aliphatic heterocycles. The monoisotopic (exact) mass is 433 g/mol. The van der Waals surface area contributed by atoms with E-state index in [2.05, 4.69) is 23.5 Å². The molecule has 4 aromatic rings. The average Bonchev–Trinajstić information content (AvgIpc) is 3.36. The zero-order chi connectivity index (χ0) is 20.7. The molecule has 1 aliphatic rings. The largest absolute Gasteiger partial charge is 0.457 e. The Balaban J connectivity index is 1.35. The van der Waals surface area contributed by atoms with Crippen molar-refractivity contribution in [1.29, 1.82) is 0 Å². The van der Waals surface area contributed by atoms with Gasteiger partial charge in [-0.1, -0.05) is 47.5 Å². The van der Waals surface area contributed by atoms with E-state index in [1.807, 2.05) is 18.2 Å². The predicted octanol–water partition coefficient (Wildman–Crippen LogP) is 7.16. The van der Waals surface area contributed by atoms with Crippen LogP contribution in [0.2, 0.25) is 10.0 Å². The number of rotatable bonds is 4. The molecule has 148 valence electrons. The molecule has 0 spiro atoms. The highest BCUT2D eigenvalue weighted by Crippen LogP contribution is 2.35. The number of hydrogen-bond donors (Lipinski definition) is 1. The van der Waals surface area contributed by atoms with Crippen molar-refractivity contribution in [3.63, 3.8) is 0 Å². The molecular formula is C25H17Cl2NO2. The Labute approximate surface area is 183 Å². The van der Waals surface area contributed by atoms with E-state index in [1.54, 1.807) is 30.3 Å². The van der Waals surface area contributed by atoms with Crippen LogP contribution in [0.1, 0.15) is 16.9 Å². The van der Waals surface area contributed by atoms with Crippen LogP contribution in [-0.4, -0.2) is 5.91 Å². The Morgan fingerprint density at radius 3 is 2.50 bits per heavy atom. The fourth-order valence-electron chi connectivity index (χ4n) is 3.98. The maximum atomic E-state index is 12.5. The molecule has 5 heteroatoms. The van der Waals surface area contributed by atoms with Gasteiger partial charge in [0.2, 0.25) is 5.91 Å². The van der Waals surface area contributed by atoms with Crippen molar-refractivity contribution < 1.29 is 9.21 Å². The second-order valence-corrected chi connectivity index (χ2v) is 8.17. The third kappa shape index (κ3) is 3.62. The van der Waals surface area contributed by atoms with Crippen molar-refractivity contribution >= 4 is 51.6 Å². The molecule has 0 atom stereocenters. The highest BCUT2D eigenvalue weighted by Gasteiger charge is 2.16. The van der Waals surface area contributed by atoms with E-state index in [4.69, 9.17) is 27.6 Å². The number of halogens is 2. The normalized spacial score (nSPS) is 12.7. The lowest BCUT2D eigenvalue weighted by molar-refractivity contribution is -0.111. The number of benzene rings is 3. The quantitative estimate of drug-likeness (QED) is 0.347. The maximum absolute atomic E-state index is 12.5. The van der Waals surface area contributed by atoms with Crippen LogP contribution in [0.3, 0.4) is 0 Å². The summed E-state index contributed by atoms with van der Waals surface area (Å²) >= 11 is 12.1. The van der Waals surface area contributed by atoms with E-state index in [-0.39, 0.29) is 5.91 Å². The lowest BCUT2D eigenvalue weighted by Gasteiger charge is -2.09. The molecule has 1 aromatic heterocycles. The van der Waals surface area contributed by atoms with E-state index < -0.39 is 0 Å². The summed E-state index contributed by atoms with van der Waals surface area (Å²) in [4.78, 5) is 12.5. The highest BCUT2D eigenvalue weighted by molar-refractivity contribution is 6.35. The minimum atomic E-state index is -0.211. The molecular weight excluding hydrogens is 417 g/mol. The summed E-state index contributed by atoms with van der Waals surface area (Å²) in [5, 5.41) is 6.42. The SMILES string of the molecule is O=C(/C=C/c1ccc(-c2cc(Cl)cc(Cl)c2)o1)Nc1ccc2c3c(cccc13)CC2. The van der Waals surface area contributed by atoms with Crippen molar-refractivity contribution in [3.8, 4) is 11.3 Å². The van der Waals surface area contributed by atoms with Gasteiger partial charge >= 0.3 is 0 Å². The van der Waals surface area contributed by atoms with Crippen molar-refractivity contribution in [2.24, 2.45) is 0 Å². The number of aryl methyl sites for hydroxylation is 2. The first-order valence-corrected chi connectivity index (χ1v) is 10.4. The van der Waals surface area contributed by atoms with Crippen molar-refractivity contribution in [2.45, 2.75) is 12.8 Å². The summed E-state index contributed by atoms with van der Waals surface area (Å²) in [5.74, 6) is 0.987. The topological polar surface area (TPSA) is 42.2 Å². The molecule has 0 radical (unpaired) electrons. The van der Waals surface area contributed by atoms with Gasteiger partial charge in [-0.05, 0) is 71.8 Å². The number of carbonyl (C=O) groups excluding carboxylic acids is 1. The first-order valence-electron chi connectivity index (χ1n) is 9.66. The number of anilines is 1. The Hall–Kier alpha value is -3.01. The zero-order valence-corrected chi connectivity index (χ0v) is 17.4. The molecule has 3 aromatic carbocycles. The minimum absolute atomic E-state index is 0.211. The van der Waals surface area contributed by atoms with Crippen LogP contribution in [0.25, 0.3) is 28.2 Å². The molecule has 1 aliphatic carbocycles. The van der Waals surface area contributed by atoms with Crippen LogP contribution in [0.4, 0.5) is 5.69 Å². The van der Waals surface area contributed by atoms with E-state index in [1.165, 1.54) is 22.6 Å². The zero-order valence-electron chi connectivity index (χ0n) is 15.9. The lowest BCUT2D eigenvalue weighted by Crippen LogP contribution is -2.08. The first kappa shape index (κ1) is 19.0. The Kier molecular flexibility index (Phi) is 4.86. The molecule has 1 heterocycles. The Bertz CT molecular complexity index is 1290. The van der Waals surface area contributed by atoms with Gasteiger partial charge in [-0.3, -0.25) is 4.79 Å². The van der Waals surface area contributed by atoms with Gasteiger partial charge in [-0.15, -0.1) is 0 Å². The van der Waals surface area contributed by atoms with E-state index in [9.17, 15) is 4.79 Å². The lowest BCUT2D eigenvalue weighted by atomic mass is 10.0. The number of furan rings is 1. The minimum Gasteiger partial charge on any atom is -0.457 e. The fourth-order valence-corrected chi connectivity index (χ4v) is 4.51. The second-order valence-electron chi connectivity index (χ2n) is 7.29. The van der Waals surface area contributed by atoms with Gasteiger partial charge < -0.3 is 9.73 Å². The van der Waals surface area contributed by atoms with Crippen LogP contribution in [-0.2, 0) is 17.6 Å². The van der Waals surface area contributed by atoms with Crippen LogP contribution in [0, 0.1) is 0 Å². The van der Waals surface area contributed by atoms with E-state index in [0.717, 1.165) is 29.5 Å². The Morgan fingerprint density at radius 1 is 0.933 bits per heavy atom. The molecule has 3 nitrogen and oxygen atoms in total. The molecule has 1 N–H and O–H groups in total. The molecule has 0 unspecified atom stereocenters. The number of hydrogen-bond acceptors (Lipinski definition) is 2. The van der Waals surface area contributed by atoms with Crippen LogP contribution in [0.5, 0.6) is 0 Å². The average molecular weight is 434 g/mol. The molecule has 30 heavy (non-hydrogen) atoms. The maximum Gasteiger partial charge on any atom is 0.248 e. The molecule has 0 bridgehead atoms. The summed E-state index contributed by atoms with van der Waals surface area (Å²) in [7, 11) is 0. The van der Waals surface area contributed by atoms with Crippen molar-refractivity contribution in [3.05, 3.63) is 93.7 Å². The third-order valence-electron chi connectivity index (χ3n) is 5.31. The fraction of sp³-hybridized carbons (Fsp3) is 0.0800. The summed E-state index contributed by atoms with van der Waals surface area (Å²) in [6.45, 7) is 0. The number of nitrogens with one attached hydrogen (secondary N) is 1. The van der Waals surface area contributed by atoms with E-state index in [0.29, 0.717) is 21.6 Å². The molecule has 1 amide bonds. The summed E-state index contributed by atoms with van der Waals surface area (Å²) in [6, 6.07) is 19.2. The van der Waals surface area contributed by atoms with Crippen LogP contribution in [0.15, 0.2) is 71.2 Å². The van der Waals surface area contributed by atoms with E-state index >= 15 is 0 Å². The standard InChI is InChI=1S/C25H17Cl2NO2/c26-18-12-17(13-19(27)14-18)23-10-7-20(30-23)8-11-24(29)28-22-9-6-16-5-4-15-2-1-3-21(22)25(15)16/h1-3,6-14H,4-5H2,(H,28,29)/b11-8+. The molecule has 0 saturated carbocycles. The van der Waals surface area contributed by atoms with Crippen molar-refractivity contribution in [1.82, 2.24) is 0 Å². The predicted molar refractivity (Wildman–Crippen MR) is 123 cm³/mol.